The van der Waals surface area contributed by atoms with Crippen molar-refractivity contribution in [1.82, 2.24) is 0 Å². The van der Waals surface area contributed by atoms with Crippen molar-refractivity contribution in [3.63, 3.8) is 0 Å². The second-order valence-corrected chi connectivity index (χ2v) is 5.91. The van der Waals surface area contributed by atoms with Gasteiger partial charge in [0.1, 0.15) is 17.2 Å². The van der Waals surface area contributed by atoms with E-state index in [0.29, 0.717) is 22.1 Å². The molecule has 132 valence electrons. The fraction of sp³-hybridized carbons (Fsp3) is 0.0526. The van der Waals surface area contributed by atoms with Gasteiger partial charge in [0.2, 0.25) is 11.6 Å². The Hall–Kier alpha value is -4.12. The molecule has 3 aromatic rings. The van der Waals surface area contributed by atoms with Crippen LogP contribution in [-0.4, -0.2) is 4.92 Å². The van der Waals surface area contributed by atoms with Crippen LogP contribution in [0.1, 0.15) is 17.0 Å². The average molecular weight is 361 g/mol. The minimum Gasteiger partial charge on any atom is -0.432 e. The van der Waals surface area contributed by atoms with E-state index < -0.39 is 16.5 Å². The first-order valence-electron chi connectivity index (χ1n) is 7.89. The Kier molecular flexibility index (Phi) is 3.63. The number of para-hydroxylation sites is 1. The number of nitrogens with two attached hydrogens (primary N) is 1. The quantitative estimate of drug-likeness (QED) is 0.421. The lowest BCUT2D eigenvalue weighted by atomic mass is 9.82. The number of nitro groups is 1. The van der Waals surface area contributed by atoms with Gasteiger partial charge in [-0.25, -0.2) is 4.79 Å². The molecule has 0 bridgehead atoms. The Morgan fingerprint density at radius 2 is 1.96 bits per heavy atom. The molecule has 0 fully saturated rings. The summed E-state index contributed by atoms with van der Waals surface area (Å²) in [5.74, 6) is -1.15. The molecule has 8 nitrogen and oxygen atoms in total. The van der Waals surface area contributed by atoms with Crippen LogP contribution in [0, 0.1) is 21.4 Å². The van der Waals surface area contributed by atoms with Crippen LogP contribution in [0.2, 0.25) is 0 Å². The number of nitro benzene ring substituents is 1. The van der Waals surface area contributed by atoms with E-state index in [4.69, 9.17) is 14.9 Å². The van der Waals surface area contributed by atoms with Gasteiger partial charge in [0.15, 0.2) is 0 Å². The summed E-state index contributed by atoms with van der Waals surface area (Å²) in [5.41, 5.74) is 6.22. The number of hydrogen-bond acceptors (Lipinski definition) is 7. The van der Waals surface area contributed by atoms with Crippen LogP contribution in [-0.2, 0) is 0 Å². The third-order valence-corrected chi connectivity index (χ3v) is 4.40. The molecule has 2 N–H and O–H groups in total. The number of nitrogens with zero attached hydrogens (tertiary/aromatic N) is 2. The highest BCUT2D eigenvalue weighted by molar-refractivity contribution is 5.85. The minimum absolute atomic E-state index is 0.0683. The van der Waals surface area contributed by atoms with E-state index in [-0.39, 0.29) is 22.9 Å². The van der Waals surface area contributed by atoms with Gasteiger partial charge in [0.25, 0.3) is 5.69 Å². The summed E-state index contributed by atoms with van der Waals surface area (Å²) in [4.78, 5) is 23.1. The number of ether oxygens (including phenoxy) is 1. The van der Waals surface area contributed by atoms with Crippen LogP contribution in [0.25, 0.3) is 11.0 Å². The van der Waals surface area contributed by atoms with Gasteiger partial charge in [0, 0.05) is 23.1 Å². The average Bonchev–Trinajstić information content (AvgIpc) is 2.67. The molecule has 27 heavy (non-hydrogen) atoms. The van der Waals surface area contributed by atoms with Gasteiger partial charge in [-0.05, 0) is 11.6 Å². The van der Waals surface area contributed by atoms with Crippen LogP contribution >= 0.6 is 0 Å². The molecule has 1 atom stereocenters. The molecule has 1 aliphatic heterocycles. The van der Waals surface area contributed by atoms with Crippen LogP contribution in [0.15, 0.2) is 69.2 Å². The molecule has 0 amide bonds. The maximum Gasteiger partial charge on any atom is 0.380 e. The third kappa shape index (κ3) is 2.49. The summed E-state index contributed by atoms with van der Waals surface area (Å²) in [7, 11) is 0. The Labute approximate surface area is 151 Å². The number of benzene rings is 2. The van der Waals surface area contributed by atoms with E-state index in [1.807, 2.05) is 6.07 Å². The van der Waals surface area contributed by atoms with E-state index in [1.54, 1.807) is 30.3 Å². The summed E-state index contributed by atoms with van der Waals surface area (Å²) in [6, 6.07) is 14.7. The van der Waals surface area contributed by atoms with Gasteiger partial charge < -0.3 is 14.9 Å². The van der Waals surface area contributed by atoms with E-state index in [9.17, 15) is 20.2 Å². The number of nitriles is 1. The third-order valence-electron chi connectivity index (χ3n) is 4.40. The van der Waals surface area contributed by atoms with E-state index in [2.05, 4.69) is 0 Å². The summed E-state index contributed by atoms with van der Waals surface area (Å²) < 4.78 is 10.7. The number of rotatable bonds is 2. The van der Waals surface area contributed by atoms with Gasteiger partial charge in [-0.3, -0.25) is 10.1 Å². The first-order valence-corrected chi connectivity index (χ1v) is 7.89. The number of non-ortho nitro benzene ring substituents is 1. The molecule has 1 aliphatic rings. The molecule has 4 rings (SSSR count). The van der Waals surface area contributed by atoms with Gasteiger partial charge >= 0.3 is 5.63 Å². The fourth-order valence-electron chi connectivity index (χ4n) is 3.26. The molecule has 0 saturated carbocycles. The molecule has 1 unspecified atom stereocenters. The summed E-state index contributed by atoms with van der Waals surface area (Å²) in [6.07, 6.45) is 0. The lowest BCUT2D eigenvalue weighted by molar-refractivity contribution is -0.384. The van der Waals surface area contributed by atoms with Crippen molar-refractivity contribution in [1.29, 1.82) is 5.26 Å². The fourth-order valence-corrected chi connectivity index (χ4v) is 3.26. The van der Waals surface area contributed by atoms with Gasteiger partial charge in [-0.15, -0.1) is 0 Å². The highest BCUT2D eigenvalue weighted by Gasteiger charge is 2.35. The van der Waals surface area contributed by atoms with Crippen molar-refractivity contribution in [2.75, 3.05) is 0 Å². The first-order chi connectivity index (χ1) is 13.0. The van der Waals surface area contributed by atoms with Gasteiger partial charge in [0.05, 0.1) is 10.8 Å². The number of allylic oxidation sites excluding steroid dienone is 1. The maximum absolute atomic E-state index is 12.4. The van der Waals surface area contributed by atoms with E-state index in [1.165, 1.54) is 18.2 Å². The Morgan fingerprint density at radius 3 is 2.70 bits per heavy atom. The molecule has 2 heterocycles. The Morgan fingerprint density at radius 1 is 1.19 bits per heavy atom. The van der Waals surface area contributed by atoms with Crippen molar-refractivity contribution >= 4 is 16.7 Å². The van der Waals surface area contributed by atoms with Crippen LogP contribution in [0.5, 0.6) is 5.75 Å². The standard InChI is InChI=1S/C19H11N3O5/c20-9-13-15(10-4-3-5-11(8-10)22(24)25)16-12-6-1-2-7-14(12)26-19(23)17(16)27-18(13)21/h1-8,15H,21H2. The molecule has 0 spiro atoms. The van der Waals surface area contributed by atoms with Crippen LogP contribution in [0.3, 0.4) is 0 Å². The summed E-state index contributed by atoms with van der Waals surface area (Å²) >= 11 is 0. The Bertz CT molecular complexity index is 1240. The van der Waals surface area contributed by atoms with E-state index in [0.717, 1.165) is 0 Å². The maximum atomic E-state index is 12.4. The molecule has 2 aromatic carbocycles. The number of hydrogen-bond donors (Lipinski definition) is 1. The summed E-state index contributed by atoms with van der Waals surface area (Å²) in [6.45, 7) is 0. The SMILES string of the molecule is N#CC1=C(N)Oc2c(c3ccccc3oc2=O)C1c1cccc([N+](=O)[O-])c1. The van der Waals surface area contributed by atoms with Crippen molar-refractivity contribution < 1.29 is 14.1 Å². The smallest absolute Gasteiger partial charge is 0.380 e. The van der Waals surface area contributed by atoms with Crippen LogP contribution < -0.4 is 16.1 Å². The topological polar surface area (TPSA) is 132 Å². The zero-order valence-corrected chi connectivity index (χ0v) is 13.7. The highest BCUT2D eigenvalue weighted by atomic mass is 16.6. The molecule has 0 aliphatic carbocycles. The van der Waals surface area contributed by atoms with Crippen molar-refractivity contribution in [3.05, 3.63) is 91.6 Å². The predicted molar refractivity (Wildman–Crippen MR) is 94.9 cm³/mol. The second-order valence-electron chi connectivity index (χ2n) is 5.91. The normalized spacial score (nSPS) is 15.7. The second kappa shape index (κ2) is 6.00. The number of fused-ring (bicyclic) bond motifs is 3. The first kappa shape index (κ1) is 16.4. The Balaban J connectivity index is 2.10. The van der Waals surface area contributed by atoms with Gasteiger partial charge in [-0.2, -0.15) is 5.26 Å². The molecule has 0 saturated heterocycles. The van der Waals surface area contributed by atoms with Crippen molar-refractivity contribution in [2.45, 2.75) is 5.92 Å². The van der Waals surface area contributed by atoms with Crippen molar-refractivity contribution in [3.8, 4) is 11.8 Å². The predicted octanol–water partition coefficient (Wildman–Crippen LogP) is 2.92. The molecule has 0 radical (unpaired) electrons. The molecule has 8 heteroatoms. The molecular formula is C19H11N3O5. The molecular weight excluding hydrogens is 350 g/mol. The lowest BCUT2D eigenvalue weighted by Gasteiger charge is -2.26. The largest absolute Gasteiger partial charge is 0.432 e. The highest BCUT2D eigenvalue weighted by Crippen LogP contribution is 2.44. The summed E-state index contributed by atoms with van der Waals surface area (Å²) in [5, 5.41) is 21.4. The minimum atomic E-state index is -0.798. The van der Waals surface area contributed by atoms with Crippen molar-refractivity contribution in [2.24, 2.45) is 5.73 Å². The molecule has 1 aromatic heterocycles. The lowest BCUT2D eigenvalue weighted by Crippen LogP contribution is -2.25. The van der Waals surface area contributed by atoms with Crippen LogP contribution in [0.4, 0.5) is 5.69 Å². The van der Waals surface area contributed by atoms with E-state index >= 15 is 0 Å². The zero-order valence-electron chi connectivity index (χ0n) is 13.7. The monoisotopic (exact) mass is 361 g/mol. The zero-order chi connectivity index (χ0) is 19.1. The van der Waals surface area contributed by atoms with Gasteiger partial charge in [-0.1, -0.05) is 30.3 Å².